The number of carbonyl (C=O) groups is 1. The Labute approximate surface area is 70.3 Å². The van der Waals surface area contributed by atoms with Gasteiger partial charge in [-0.15, -0.1) is 0 Å². The summed E-state index contributed by atoms with van der Waals surface area (Å²) in [6.07, 6.45) is 3.30. The molecule has 1 heterocycles. The third kappa shape index (κ3) is 3.05. The van der Waals surface area contributed by atoms with Crippen LogP contribution in [0.3, 0.4) is 0 Å². The van der Waals surface area contributed by atoms with Crippen LogP contribution >= 0.6 is 0 Å². The van der Waals surface area contributed by atoms with Gasteiger partial charge in [0.05, 0.1) is 0 Å². The van der Waals surface area contributed by atoms with Crippen LogP contribution in [0.4, 0.5) is 5.95 Å². The molecular weight excluding hydrogens is 156 g/mol. The van der Waals surface area contributed by atoms with Crippen LogP contribution in [0.15, 0.2) is 12.7 Å². The van der Waals surface area contributed by atoms with Gasteiger partial charge in [-0.2, -0.15) is 0 Å². The number of anilines is 1. The fourth-order valence-electron chi connectivity index (χ4n) is 0.681. The van der Waals surface area contributed by atoms with Gasteiger partial charge >= 0.3 is 0 Å². The largest absolute Gasteiger partial charge is 0.354 e. The Hall–Kier alpha value is -1.52. The Morgan fingerprint density at radius 3 is 2.75 bits per heavy atom. The summed E-state index contributed by atoms with van der Waals surface area (Å²) in [6.45, 7) is 2.12. The fourth-order valence-corrected chi connectivity index (χ4v) is 0.681. The molecule has 0 amide bonds. The van der Waals surface area contributed by atoms with E-state index >= 15 is 0 Å². The highest BCUT2D eigenvalue weighted by Gasteiger charge is 1.94. The zero-order chi connectivity index (χ0) is 8.81. The van der Waals surface area contributed by atoms with E-state index in [-0.39, 0.29) is 5.78 Å². The maximum absolute atomic E-state index is 10.5. The highest BCUT2D eigenvalue weighted by atomic mass is 16.1. The average molecular weight is 166 g/mol. The fraction of sp³-hybridized carbons (Fsp3) is 0.429. The highest BCUT2D eigenvalue weighted by Crippen LogP contribution is 1.92. The van der Waals surface area contributed by atoms with E-state index in [2.05, 4.69) is 20.3 Å². The van der Waals surface area contributed by atoms with E-state index in [1.54, 1.807) is 6.92 Å². The number of rotatable bonds is 4. The summed E-state index contributed by atoms with van der Waals surface area (Å²) in [6, 6.07) is 0. The Kier molecular flexibility index (Phi) is 3.13. The molecule has 64 valence electrons. The van der Waals surface area contributed by atoms with Crippen LogP contribution in [0.5, 0.6) is 0 Å². The van der Waals surface area contributed by atoms with Gasteiger partial charge in [0.2, 0.25) is 5.95 Å². The normalized spacial score (nSPS) is 9.42. The van der Waals surface area contributed by atoms with Crippen molar-refractivity contribution in [1.82, 2.24) is 15.0 Å². The van der Waals surface area contributed by atoms with Gasteiger partial charge < -0.3 is 5.32 Å². The lowest BCUT2D eigenvalue weighted by molar-refractivity contribution is -0.116. The Morgan fingerprint density at radius 1 is 1.50 bits per heavy atom. The zero-order valence-electron chi connectivity index (χ0n) is 6.82. The molecule has 0 saturated carbocycles. The molecule has 1 aromatic rings. The number of nitrogens with zero attached hydrogens (tertiary/aromatic N) is 3. The summed E-state index contributed by atoms with van der Waals surface area (Å²) in [5, 5.41) is 2.89. The summed E-state index contributed by atoms with van der Waals surface area (Å²) >= 11 is 0. The van der Waals surface area contributed by atoms with Crippen LogP contribution in [0.25, 0.3) is 0 Å². The van der Waals surface area contributed by atoms with Gasteiger partial charge in [-0.25, -0.2) is 15.0 Å². The molecule has 1 aromatic heterocycles. The smallest absolute Gasteiger partial charge is 0.225 e. The van der Waals surface area contributed by atoms with Crippen molar-refractivity contribution in [3.63, 3.8) is 0 Å². The van der Waals surface area contributed by atoms with E-state index in [9.17, 15) is 4.79 Å². The van der Waals surface area contributed by atoms with E-state index in [0.717, 1.165) is 0 Å². The first-order valence-corrected chi connectivity index (χ1v) is 3.64. The third-order valence-electron chi connectivity index (χ3n) is 1.25. The number of hydrogen-bond acceptors (Lipinski definition) is 5. The lowest BCUT2D eigenvalue weighted by atomic mass is 10.3. The predicted octanol–water partition coefficient (Wildman–Crippen LogP) is 0.263. The molecule has 0 spiro atoms. The van der Waals surface area contributed by atoms with Gasteiger partial charge in [-0.3, -0.25) is 4.79 Å². The molecule has 1 rings (SSSR count). The summed E-state index contributed by atoms with van der Waals surface area (Å²) in [7, 11) is 0. The molecule has 0 fully saturated rings. The first-order valence-electron chi connectivity index (χ1n) is 3.64. The lowest BCUT2D eigenvalue weighted by Crippen LogP contribution is -2.08. The number of Topliss-reactive ketones (excluding diaryl/α,β-unsaturated/α-hetero) is 1. The van der Waals surface area contributed by atoms with Crippen LogP contribution < -0.4 is 5.32 Å². The SMILES string of the molecule is CC(=O)CCNc1ncncn1. The number of hydrogen-bond donors (Lipinski definition) is 1. The molecular formula is C7H10N4O. The zero-order valence-corrected chi connectivity index (χ0v) is 6.82. The van der Waals surface area contributed by atoms with Crippen LogP contribution in [-0.2, 0) is 4.79 Å². The number of carbonyl (C=O) groups excluding carboxylic acids is 1. The first-order chi connectivity index (χ1) is 5.79. The molecule has 0 aliphatic carbocycles. The number of nitrogens with one attached hydrogen (secondary N) is 1. The Bertz CT molecular complexity index is 249. The van der Waals surface area contributed by atoms with Crippen LogP contribution in [0, 0.1) is 0 Å². The molecule has 0 unspecified atom stereocenters. The molecule has 0 saturated heterocycles. The minimum Gasteiger partial charge on any atom is -0.354 e. The average Bonchev–Trinajstić information content (AvgIpc) is 2.05. The van der Waals surface area contributed by atoms with E-state index in [1.165, 1.54) is 12.7 Å². The number of aromatic nitrogens is 3. The van der Waals surface area contributed by atoms with Gasteiger partial charge in [-0.1, -0.05) is 0 Å². The molecule has 0 aliphatic heterocycles. The lowest BCUT2D eigenvalue weighted by Gasteiger charge is -2.00. The van der Waals surface area contributed by atoms with Crippen molar-refractivity contribution in [1.29, 1.82) is 0 Å². The third-order valence-corrected chi connectivity index (χ3v) is 1.25. The van der Waals surface area contributed by atoms with Crippen LogP contribution in [0.2, 0.25) is 0 Å². The molecule has 0 bridgehead atoms. The summed E-state index contributed by atoms with van der Waals surface area (Å²) < 4.78 is 0. The molecule has 5 nitrogen and oxygen atoms in total. The maximum atomic E-state index is 10.5. The van der Waals surface area contributed by atoms with Gasteiger partial charge in [0, 0.05) is 13.0 Å². The van der Waals surface area contributed by atoms with Gasteiger partial charge in [0.1, 0.15) is 18.4 Å². The number of ketones is 1. The van der Waals surface area contributed by atoms with Gasteiger partial charge in [0.15, 0.2) is 0 Å². The second kappa shape index (κ2) is 4.38. The minimum atomic E-state index is 0.150. The van der Waals surface area contributed by atoms with E-state index < -0.39 is 0 Å². The van der Waals surface area contributed by atoms with Crippen molar-refractivity contribution in [2.24, 2.45) is 0 Å². The Morgan fingerprint density at radius 2 is 2.17 bits per heavy atom. The van der Waals surface area contributed by atoms with Crippen molar-refractivity contribution in [3.8, 4) is 0 Å². The van der Waals surface area contributed by atoms with Crippen molar-refractivity contribution in [3.05, 3.63) is 12.7 Å². The molecule has 1 N–H and O–H groups in total. The minimum absolute atomic E-state index is 0.150. The summed E-state index contributed by atoms with van der Waals surface area (Å²) in [5.41, 5.74) is 0. The first kappa shape index (κ1) is 8.58. The second-order valence-corrected chi connectivity index (χ2v) is 2.34. The topological polar surface area (TPSA) is 67.8 Å². The Balaban J connectivity index is 2.29. The summed E-state index contributed by atoms with van der Waals surface area (Å²) in [4.78, 5) is 21.9. The molecule has 0 aliphatic rings. The van der Waals surface area contributed by atoms with Crippen molar-refractivity contribution < 1.29 is 4.79 Å². The molecule has 0 radical (unpaired) electrons. The molecule has 0 aromatic carbocycles. The second-order valence-electron chi connectivity index (χ2n) is 2.34. The standard InChI is InChI=1S/C7H10N4O/c1-6(12)2-3-9-7-10-4-8-5-11-7/h4-5H,2-3H2,1H3,(H,8,9,10,11). The van der Waals surface area contributed by atoms with E-state index in [0.29, 0.717) is 18.9 Å². The monoisotopic (exact) mass is 166 g/mol. The van der Waals surface area contributed by atoms with E-state index in [1.807, 2.05) is 0 Å². The molecule has 0 atom stereocenters. The predicted molar refractivity (Wildman–Crippen MR) is 43.6 cm³/mol. The summed E-state index contributed by atoms with van der Waals surface area (Å²) in [5.74, 6) is 0.655. The van der Waals surface area contributed by atoms with Crippen LogP contribution in [-0.4, -0.2) is 27.3 Å². The van der Waals surface area contributed by atoms with Crippen LogP contribution in [0.1, 0.15) is 13.3 Å². The quantitative estimate of drug-likeness (QED) is 0.695. The maximum Gasteiger partial charge on any atom is 0.225 e. The van der Waals surface area contributed by atoms with Gasteiger partial charge in [-0.05, 0) is 6.92 Å². The van der Waals surface area contributed by atoms with Crippen molar-refractivity contribution in [2.45, 2.75) is 13.3 Å². The van der Waals surface area contributed by atoms with Crippen molar-refractivity contribution in [2.75, 3.05) is 11.9 Å². The van der Waals surface area contributed by atoms with E-state index in [4.69, 9.17) is 0 Å². The van der Waals surface area contributed by atoms with Gasteiger partial charge in [0.25, 0.3) is 0 Å². The highest BCUT2D eigenvalue weighted by molar-refractivity contribution is 5.75. The molecule has 5 heteroatoms. The van der Waals surface area contributed by atoms with Crippen molar-refractivity contribution >= 4 is 11.7 Å². The molecule has 12 heavy (non-hydrogen) atoms.